The normalized spacial score (nSPS) is 24.8. The number of nitrogens with one attached hydrogen (secondary N) is 1. The quantitative estimate of drug-likeness (QED) is 0.658. The maximum Gasteiger partial charge on any atom is 0.237 e. The second-order valence-corrected chi connectivity index (χ2v) is 5.00. The van der Waals surface area contributed by atoms with Crippen molar-refractivity contribution in [2.45, 2.75) is 37.8 Å². The molecule has 0 aromatic carbocycles. The Kier molecular flexibility index (Phi) is 5.36. The molecule has 1 heterocycles. The van der Waals surface area contributed by atoms with Crippen LogP contribution in [0.5, 0.6) is 0 Å². The van der Waals surface area contributed by atoms with E-state index in [1.54, 1.807) is 14.2 Å². The van der Waals surface area contributed by atoms with Gasteiger partial charge in [0.05, 0.1) is 11.6 Å². The summed E-state index contributed by atoms with van der Waals surface area (Å²) in [6.07, 6.45) is 3.22. The molecule has 2 atom stereocenters. The van der Waals surface area contributed by atoms with Crippen LogP contribution in [0.15, 0.2) is 0 Å². The van der Waals surface area contributed by atoms with Gasteiger partial charge in [-0.2, -0.15) is 0 Å². The van der Waals surface area contributed by atoms with Crippen molar-refractivity contribution in [3.8, 4) is 0 Å². The zero-order valence-corrected chi connectivity index (χ0v) is 11.2. The van der Waals surface area contributed by atoms with Crippen LogP contribution in [0.3, 0.4) is 0 Å². The van der Waals surface area contributed by atoms with Gasteiger partial charge in [-0.1, -0.05) is 0 Å². The summed E-state index contributed by atoms with van der Waals surface area (Å²) in [5.74, 6) is -0.281. The van der Waals surface area contributed by atoms with E-state index in [9.17, 15) is 4.79 Å². The molecule has 3 N–H and O–H groups in total. The van der Waals surface area contributed by atoms with Crippen molar-refractivity contribution in [1.82, 2.24) is 10.2 Å². The number of carbonyl (C=O) groups is 1. The number of nitrogens with zero attached hydrogens (tertiary/aromatic N) is 1. The molecule has 5 nitrogen and oxygen atoms in total. The third kappa shape index (κ3) is 3.94. The molecule has 1 aliphatic heterocycles. The Labute approximate surface area is 104 Å². The molecule has 0 radical (unpaired) electrons. The number of rotatable bonds is 7. The zero-order chi connectivity index (χ0) is 12.9. The Morgan fingerprint density at radius 3 is 2.82 bits per heavy atom. The van der Waals surface area contributed by atoms with Crippen LogP contribution in [-0.2, 0) is 9.53 Å². The lowest BCUT2D eigenvalue weighted by Gasteiger charge is -2.26. The van der Waals surface area contributed by atoms with Gasteiger partial charge in [-0.3, -0.25) is 4.79 Å². The Balaban J connectivity index is 2.26. The van der Waals surface area contributed by atoms with Gasteiger partial charge in [-0.25, -0.2) is 0 Å². The molecule has 0 aromatic heterocycles. The maximum absolute atomic E-state index is 11.3. The molecule has 1 rings (SSSR count). The predicted octanol–water partition coefficient (Wildman–Crippen LogP) is -0.0493. The van der Waals surface area contributed by atoms with E-state index < -0.39 is 5.54 Å². The molecule has 1 saturated heterocycles. The van der Waals surface area contributed by atoms with E-state index in [-0.39, 0.29) is 5.91 Å². The van der Waals surface area contributed by atoms with Crippen LogP contribution in [-0.4, -0.2) is 56.2 Å². The Morgan fingerprint density at radius 2 is 2.35 bits per heavy atom. The first-order valence-electron chi connectivity index (χ1n) is 6.26. The van der Waals surface area contributed by atoms with Crippen LogP contribution >= 0.6 is 0 Å². The van der Waals surface area contributed by atoms with E-state index in [4.69, 9.17) is 10.5 Å². The first kappa shape index (κ1) is 14.4. The summed E-state index contributed by atoms with van der Waals surface area (Å²) in [6, 6.07) is 0. The highest BCUT2D eigenvalue weighted by Gasteiger charge is 2.29. The van der Waals surface area contributed by atoms with E-state index in [0.29, 0.717) is 6.10 Å². The third-order valence-electron chi connectivity index (χ3n) is 3.81. The monoisotopic (exact) mass is 243 g/mol. The second-order valence-electron chi connectivity index (χ2n) is 5.00. The van der Waals surface area contributed by atoms with E-state index in [1.165, 1.54) is 0 Å². The summed E-state index contributed by atoms with van der Waals surface area (Å²) in [5.41, 5.74) is 4.80. The Bertz CT molecular complexity index is 260. The molecule has 1 amide bonds. The number of ether oxygens (including phenoxy) is 1. The van der Waals surface area contributed by atoms with Gasteiger partial charge in [-0.05, 0) is 39.8 Å². The first-order valence-corrected chi connectivity index (χ1v) is 6.26. The van der Waals surface area contributed by atoms with Crippen molar-refractivity contribution in [1.29, 1.82) is 0 Å². The summed E-state index contributed by atoms with van der Waals surface area (Å²) < 4.78 is 5.32. The number of hydrogen-bond donors (Lipinski definition) is 2. The zero-order valence-electron chi connectivity index (χ0n) is 11.2. The highest BCUT2D eigenvalue weighted by atomic mass is 16.5. The number of nitrogens with two attached hydrogens (primary N) is 1. The molecular formula is C12H25N3O2. The van der Waals surface area contributed by atoms with Gasteiger partial charge in [0.2, 0.25) is 5.91 Å². The fraction of sp³-hybridized carbons (Fsp3) is 0.917. The first-order chi connectivity index (χ1) is 8.01. The summed E-state index contributed by atoms with van der Waals surface area (Å²) in [6.45, 7) is 4.95. The molecule has 0 bridgehead atoms. The number of likely N-dealkylation sites (tertiary alicyclic amines) is 1. The molecule has 2 unspecified atom stereocenters. The topological polar surface area (TPSA) is 67.6 Å². The van der Waals surface area contributed by atoms with Crippen LogP contribution in [0.25, 0.3) is 0 Å². The molecular weight excluding hydrogens is 218 g/mol. The SMILES string of the molecule is CNC(C)(CCCN1CCC(OC)C1)C(N)=O. The summed E-state index contributed by atoms with van der Waals surface area (Å²) >= 11 is 0. The van der Waals surface area contributed by atoms with Gasteiger partial charge < -0.3 is 20.7 Å². The van der Waals surface area contributed by atoms with Gasteiger partial charge in [-0.15, -0.1) is 0 Å². The Morgan fingerprint density at radius 1 is 1.65 bits per heavy atom. The molecule has 0 aliphatic carbocycles. The van der Waals surface area contributed by atoms with Crippen molar-refractivity contribution >= 4 is 5.91 Å². The van der Waals surface area contributed by atoms with E-state index in [0.717, 1.165) is 38.9 Å². The predicted molar refractivity (Wildman–Crippen MR) is 67.7 cm³/mol. The van der Waals surface area contributed by atoms with Crippen LogP contribution < -0.4 is 11.1 Å². The van der Waals surface area contributed by atoms with Crippen LogP contribution in [0.2, 0.25) is 0 Å². The molecule has 100 valence electrons. The summed E-state index contributed by atoms with van der Waals surface area (Å²) in [5, 5.41) is 3.01. The van der Waals surface area contributed by atoms with Crippen LogP contribution in [0.4, 0.5) is 0 Å². The lowest BCUT2D eigenvalue weighted by molar-refractivity contribution is -0.123. The molecule has 0 aromatic rings. The van der Waals surface area contributed by atoms with Crippen molar-refractivity contribution in [3.63, 3.8) is 0 Å². The molecule has 0 saturated carbocycles. The van der Waals surface area contributed by atoms with Gasteiger partial charge in [0.1, 0.15) is 0 Å². The van der Waals surface area contributed by atoms with Gasteiger partial charge in [0, 0.05) is 20.2 Å². The second kappa shape index (κ2) is 6.33. The highest BCUT2D eigenvalue weighted by Crippen LogP contribution is 2.15. The van der Waals surface area contributed by atoms with Crippen molar-refractivity contribution < 1.29 is 9.53 Å². The number of primary amides is 1. The smallest absolute Gasteiger partial charge is 0.237 e. The average Bonchev–Trinajstić information content (AvgIpc) is 2.76. The fourth-order valence-electron chi connectivity index (χ4n) is 2.22. The third-order valence-corrected chi connectivity index (χ3v) is 3.81. The molecule has 0 spiro atoms. The largest absolute Gasteiger partial charge is 0.380 e. The number of amides is 1. The highest BCUT2D eigenvalue weighted by molar-refractivity contribution is 5.84. The summed E-state index contributed by atoms with van der Waals surface area (Å²) in [7, 11) is 3.54. The molecule has 1 aliphatic rings. The number of likely N-dealkylation sites (N-methyl/N-ethyl adjacent to an activating group) is 1. The van der Waals surface area contributed by atoms with E-state index >= 15 is 0 Å². The van der Waals surface area contributed by atoms with E-state index in [2.05, 4.69) is 10.2 Å². The van der Waals surface area contributed by atoms with Gasteiger partial charge >= 0.3 is 0 Å². The van der Waals surface area contributed by atoms with Crippen LogP contribution in [0, 0.1) is 0 Å². The number of carbonyl (C=O) groups excluding carboxylic acids is 1. The fourth-order valence-corrected chi connectivity index (χ4v) is 2.22. The molecule has 17 heavy (non-hydrogen) atoms. The van der Waals surface area contributed by atoms with E-state index in [1.807, 2.05) is 6.92 Å². The van der Waals surface area contributed by atoms with Gasteiger partial charge in [0.25, 0.3) is 0 Å². The molecule has 1 fully saturated rings. The minimum atomic E-state index is -0.583. The maximum atomic E-state index is 11.3. The van der Waals surface area contributed by atoms with Crippen molar-refractivity contribution in [2.24, 2.45) is 5.73 Å². The summed E-state index contributed by atoms with van der Waals surface area (Å²) in [4.78, 5) is 13.7. The van der Waals surface area contributed by atoms with Crippen molar-refractivity contribution in [2.75, 3.05) is 33.8 Å². The van der Waals surface area contributed by atoms with Crippen molar-refractivity contribution in [3.05, 3.63) is 0 Å². The van der Waals surface area contributed by atoms with Gasteiger partial charge in [0.15, 0.2) is 0 Å². The van der Waals surface area contributed by atoms with Crippen LogP contribution in [0.1, 0.15) is 26.2 Å². The lowest BCUT2D eigenvalue weighted by atomic mass is 9.95. The minimum Gasteiger partial charge on any atom is -0.380 e. The number of hydrogen-bond acceptors (Lipinski definition) is 4. The average molecular weight is 243 g/mol. The lowest BCUT2D eigenvalue weighted by Crippen LogP contribution is -2.51. The number of methoxy groups -OCH3 is 1. The standard InChI is InChI=1S/C12H25N3O2/c1-12(14-2,11(13)16)6-4-7-15-8-5-10(9-15)17-3/h10,14H,4-9H2,1-3H3,(H2,13,16). The Hall–Kier alpha value is -0.650. The molecule has 5 heteroatoms. The minimum absolute atomic E-state index is 0.281.